The monoisotopic (exact) mass is 317 g/mol. The van der Waals surface area contributed by atoms with Gasteiger partial charge in [0.2, 0.25) is 12.1 Å². The molecule has 0 bridgehead atoms. The maximum Gasteiger partial charge on any atom is 0.342 e. The van der Waals surface area contributed by atoms with Crippen molar-refractivity contribution < 1.29 is 23.9 Å². The van der Waals surface area contributed by atoms with Crippen LogP contribution < -0.4 is 0 Å². The molecule has 8 heteroatoms. The second kappa shape index (κ2) is 5.08. The van der Waals surface area contributed by atoms with Crippen LogP contribution in [0, 0.1) is 0 Å². The van der Waals surface area contributed by atoms with Crippen molar-refractivity contribution in [3.8, 4) is 0 Å². The highest BCUT2D eigenvalue weighted by atomic mass is 16.6. The van der Waals surface area contributed by atoms with Crippen molar-refractivity contribution in [2.24, 2.45) is 4.99 Å². The largest absolute Gasteiger partial charge is 0.446 e. The Labute approximate surface area is 132 Å². The number of likely N-dealkylation sites (N-methyl/N-ethyl adjacent to an activating group) is 2. The zero-order valence-corrected chi connectivity index (χ0v) is 12.8. The van der Waals surface area contributed by atoms with Gasteiger partial charge in [-0.1, -0.05) is 18.2 Å². The summed E-state index contributed by atoms with van der Waals surface area (Å²) in [5, 5.41) is 0. The van der Waals surface area contributed by atoms with Crippen LogP contribution in [0.1, 0.15) is 12.5 Å². The lowest BCUT2D eigenvalue weighted by atomic mass is 10.1. The lowest BCUT2D eigenvalue weighted by Gasteiger charge is -2.41. The second-order valence-electron chi connectivity index (χ2n) is 5.30. The van der Waals surface area contributed by atoms with Crippen LogP contribution in [-0.2, 0) is 19.1 Å². The van der Waals surface area contributed by atoms with Gasteiger partial charge in [-0.3, -0.25) is 19.4 Å². The van der Waals surface area contributed by atoms with E-state index in [0.29, 0.717) is 5.56 Å². The third-order valence-corrected chi connectivity index (χ3v) is 3.70. The molecular weight excluding hydrogens is 302 g/mol. The number of carbonyl (C=O) groups excluding carboxylic acids is 3. The van der Waals surface area contributed by atoms with Crippen LogP contribution in [0.2, 0.25) is 0 Å². The van der Waals surface area contributed by atoms with Crippen molar-refractivity contribution in [2.75, 3.05) is 14.1 Å². The number of aliphatic imine (C=N–C) groups is 1. The molecule has 0 spiro atoms. The number of nitrogens with zero attached hydrogens (tertiary/aromatic N) is 3. The van der Waals surface area contributed by atoms with E-state index in [1.165, 1.54) is 25.9 Å². The Morgan fingerprint density at radius 1 is 1.26 bits per heavy atom. The Balaban J connectivity index is 2.12. The molecule has 8 nitrogen and oxygen atoms in total. The van der Waals surface area contributed by atoms with Gasteiger partial charge in [0, 0.05) is 26.6 Å². The Hall–Kier alpha value is -2.90. The first-order chi connectivity index (χ1) is 10.9. The van der Waals surface area contributed by atoms with Gasteiger partial charge in [0.1, 0.15) is 0 Å². The molecule has 1 saturated heterocycles. The molecule has 0 N–H and O–H groups in total. The molecule has 1 aromatic carbocycles. The smallest absolute Gasteiger partial charge is 0.342 e. The third-order valence-electron chi connectivity index (χ3n) is 3.70. The van der Waals surface area contributed by atoms with E-state index in [1.807, 2.05) is 6.07 Å². The molecule has 2 unspecified atom stereocenters. The summed E-state index contributed by atoms with van der Waals surface area (Å²) in [6.45, 7) is 1.17. The van der Waals surface area contributed by atoms with E-state index in [9.17, 15) is 14.4 Å². The number of carbonyl (C=O) groups is 3. The Kier molecular flexibility index (Phi) is 3.32. The first kappa shape index (κ1) is 15.0. The first-order valence-electron chi connectivity index (χ1n) is 6.93. The van der Waals surface area contributed by atoms with Crippen molar-refractivity contribution in [2.45, 2.75) is 18.9 Å². The number of ether oxygens (including phenoxy) is 2. The fraction of sp³-hybridized carbons (Fsp3) is 0.333. The molecule has 1 fully saturated rings. The number of hydrogen-bond donors (Lipinski definition) is 0. The number of urea groups is 1. The predicted octanol–water partition coefficient (Wildman–Crippen LogP) is 0.573. The van der Waals surface area contributed by atoms with E-state index in [4.69, 9.17) is 9.47 Å². The standard InChI is InChI=1S/C15H15N3O5/c1-9(19)23-15-12(20)17(2)14(21)18(3)13(15)22-11(16-15)10-7-5-4-6-8-10/h4-8,13H,1-3H3. The van der Waals surface area contributed by atoms with Crippen molar-refractivity contribution in [1.29, 1.82) is 0 Å². The number of amides is 3. The van der Waals surface area contributed by atoms with Gasteiger partial charge >= 0.3 is 23.6 Å². The van der Waals surface area contributed by atoms with Gasteiger partial charge in [-0.05, 0) is 12.1 Å². The molecule has 2 atom stereocenters. The van der Waals surface area contributed by atoms with Crippen LogP contribution in [0.25, 0.3) is 0 Å². The minimum absolute atomic E-state index is 0.139. The molecule has 3 rings (SSSR count). The van der Waals surface area contributed by atoms with Crippen LogP contribution in [0.3, 0.4) is 0 Å². The maximum absolute atomic E-state index is 12.6. The number of hydrogen-bond acceptors (Lipinski definition) is 6. The molecule has 0 aliphatic carbocycles. The number of rotatable bonds is 2. The summed E-state index contributed by atoms with van der Waals surface area (Å²) in [5.41, 5.74) is -1.31. The lowest BCUT2D eigenvalue weighted by molar-refractivity contribution is -0.192. The van der Waals surface area contributed by atoms with E-state index < -0.39 is 29.9 Å². The molecule has 2 aliphatic rings. The Morgan fingerprint density at radius 3 is 2.52 bits per heavy atom. The third kappa shape index (κ3) is 2.14. The van der Waals surface area contributed by atoms with Crippen LogP contribution in [-0.4, -0.2) is 59.7 Å². The Morgan fingerprint density at radius 2 is 1.91 bits per heavy atom. The summed E-state index contributed by atoms with van der Waals surface area (Å²) in [6.07, 6.45) is -1.14. The summed E-state index contributed by atoms with van der Waals surface area (Å²) in [4.78, 5) is 42.5. The van der Waals surface area contributed by atoms with Gasteiger partial charge in [0.25, 0.3) is 0 Å². The SMILES string of the molecule is CC(=O)OC12N=C(c3ccccc3)OC1N(C)C(=O)N(C)C2=O. The zero-order valence-electron chi connectivity index (χ0n) is 12.8. The summed E-state index contributed by atoms with van der Waals surface area (Å²) in [7, 11) is 2.76. The van der Waals surface area contributed by atoms with Crippen molar-refractivity contribution in [3.05, 3.63) is 35.9 Å². The topological polar surface area (TPSA) is 88.5 Å². The van der Waals surface area contributed by atoms with Gasteiger partial charge < -0.3 is 9.47 Å². The highest BCUT2D eigenvalue weighted by Crippen LogP contribution is 2.36. The molecule has 1 aromatic rings. The molecule has 2 aliphatic heterocycles. The fourth-order valence-electron chi connectivity index (χ4n) is 2.63. The fourth-order valence-corrected chi connectivity index (χ4v) is 2.63. The highest BCUT2D eigenvalue weighted by Gasteiger charge is 2.64. The van der Waals surface area contributed by atoms with Gasteiger partial charge in [-0.2, -0.15) is 4.99 Å². The molecule has 2 heterocycles. The minimum atomic E-state index is -1.92. The average Bonchev–Trinajstić information content (AvgIpc) is 2.92. The van der Waals surface area contributed by atoms with Crippen molar-refractivity contribution in [1.82, 2.24) is 9.80 Å². The van der Waals surface area contributed by atoms with Gasteiger partial charge in [0.15, 0.2) is 0 Å². The molecular formula is C15H15N3O5. The highest BCUT2D eigenvalue weighted by molar-refractivity contribution is 6.07. The van der Waals surface area contributed by atoms with Gasteiger partial charge in [-0.25, -0.2) is 4.79 Å². The molecule has 0 aromatic heterocycles. The molecule has 23 heavy (non-hydrogen) atoms. The zero-order chi connectivity index (χ0) is 16.8. The van der Waals surface area contributed by atoms with E-state index in [-0.39, 0.29) is 5.90 Å². The van der Waals surface area contributed by atoms with Crippen LogP contribution >= 0.6 is 0 Å². The van der Waals surface area contributed by atoms with E-state index in [2.05, 4.69) is 4.99 Å². The summed E-state index contributed by atoms with van der Waals surface area (Å²) >= 11 is 0. The average molecular weight is 317 g/mol. The van der Waals surface area contributed by atoms with Crippen molar-refractivity contribution in [3.63, 3.8) is 0 Å². The van der Waals surface area contributed by atoms with Crippen molar-refractivity contribution >= 4 is 23.8 Å². The van der Waals surface area contributed by atoms with Crippen LogP contribution in [0.4, 0.5) is 4.79 Å². The summed E-state index contributed by atoms with van der Waals surface area (Å²) < 4.78 is 10.9. The van der Waals surface area contributed by atoms with E-state index >= 15 is 0 Å². The second-order valence-corrected chi connectivity index (χ2v) is 5.30. The van der Waals surface area contributed by atoms with Gasteiger partial charge in [0.05, 0.1) is 0 Å². The molecule has 3 amide bonds. The number of esters is 1. The van der Waals surface area contributed by atoms with Gasteiger partial charge in [-0.15, -0.1) is 0 Å². The molecule has 0 radical (unpaired) electrons. The quantitative estimate of drug-likeness (QED) is 0.744. The van der Waals surface area contributed by atoms with E-state index in [1.54, 1.807) is 24.3 Å². The normalized spacial score (nSPS) is 26.6. The number of imide groups is 1. The Bertz CT molecular complexity index is 717. The maximum atomic E-state index is 12.6. The first-order valence-corrected chi connectivity index (χ1v) is 6.93. The summed E-state index contributed by atoms with van der Waals surface area (Å²) in [6, 6.07) is 8.31. The van der Waals surface area contributed by atoms with Crippen LogP contribution in [0.5, 0.6) is 0 Å². The van der Waals surface area contributed by atoms with E-state index in [0.717, 1.165) is 4.90 Å². The summed E-state index contributed by atoms with van der Waals surface area (Å²) in [5.74, 6) is -1.30. The predicted molar refractivity (Wildman–Crippen MR) is 78.3 cm³/mol. The number of benzene rings is 1. The molecule has 120 valence electrons. The molecule has 0 saturated carbocycles. The number of fused-ring (bicyclic) bond motifs is 1. The minimum Gasteiger partial charge on any atom is -0.446 e. The lowest BCUT2D eigenvalue weighted by Crippen LogP contribution is -2.68. The van der Waals surface area contributed by atoms with Crippen LogP contribution in [0.15, 0.2) is 35.3 Å².